The summed E-state index contributed by atoms with van der Waals surface area (Å²) in [6.45, 7) is 6.34. The molecule has 3 N–H and O–H groups in total. The first-order chi connectivity index (χ1) is 8.11. The SMILES string of the molecule is CC(C)(CCN)CNc1ccc2c(c1)OCO2. The molecule has 0 fully saturated rings. The highest BCUT2D eigenvalue weighted by atomic mass is 16.7. The number of hydrogen-bond donors (Lipinski definition) is 2. The van der Waals surface area contributed by atoms with E-state index in [9.17, 15) is 0 Å². The van der Waals surface area contributed by atoms with E-state index in [1.807, 2.05) is 18.2 Å². The van der Waals surface area contributed by atoms with E-state index in [1.54, 1.807) is 0 Å². The van der Waals surface area contributed by atoms with Crippen LogP contribution in [0.2, 0.25) is 0 Å². The molecular formula is C13H20N2O2. The summed E-state index contributed by atoms with van der Waals surface area (Å²) in [5.41, 5.74) is 6.85. The predicted molar refractivity (Wildman–Crippen MR) is 68.5 cm³/mol. The van der Waals surface area contributed by atoms with Gasteiger partial charge in [-0.2, -0.15) is 0 Å². The first kappa shape index (κ1) is 12.0. The number of benzene rings is 1. The van der Waals surface area contributed by atoms with Gasteiger partial charge in [0.25, 0.3) is 0 Å². The molecule has 94 valence electrons. The molecule has 0 radical (unpaired) electrons. The van der Waals surface area contributed by atoms with Gasteiger partial charge in [-0.1, -0.05) is 13.8 Å². The monoisotopic (exact) mass is 236 g/mol. The molecule has 0 spiro atoms. The van der Waals surface area contributed by atoms with E-state index in [-0.39, 0.29) is 5.41 Å². The number of fused-ring (bicyclic) bond motifs is 1. The highest BCUT2D eigenvalue weighted by molar-refractivity contribution is 5.55. The molecule has 0 amide bonds. The minimum Gasteiger partial charge on any atom is -0.454 e. The average molecular weight is 236 g/mol. The minimum atomic E-state index is 0.200. The van der Waals surface area contributed by atoms with Crippen LogP contribution >= 0.6 is 0 Å². The predicted octanol–water partition coefficient (Wildman–Crippen LogP) is 2.20. The minimum absolute atomic E-state index is 0.200. The number of ether oxygens (including phenoxy) is 2. The zero-order valence-corrected chi connectivity index (χ0v) is 10.5. The fourth-order valence-electron chi connectivity index (χ4n) is 1.83. The van der Waals surface area contributed by atoms with Crippen molar-refractivity contribution in [1.82, 2.24) is 0 Å². The lowest BCUT2D eigenvalue weighted by atomic mass is 9.89. The number of nitrogens with two attached hydrogens (primary N) is 1. The van der Waals surface area contributed by atoms with Crippen molar-refractivity contribution in [3.63, 3.8) is 0 Å². The fourth-order valence-corrected chi connectivity index (χ4v) is 1.83. The van der Waals surface area contributed by atoms with Gasteiger partial charge >= 0.3 is 0 Å². The van der Waals surface area contributed by atoms with Crippen molar-refractivity contribution in [3.8, 4) is 11.5 Å². The smallest absolute Gasteiger partial charge is 0.231 e. The maximum Gasteiger partial charge on any atom is 0.231 e. The van der Waals surface area contributed by atoms with Gasteiger partial charge in [-0.3, -0.25) is 0 Å². The second-order valence-electron chi connectivity index (χ2n) is 5.12. The molecule has 0 bridgehead atoms. The summed E-state index contributed by atoms with van der Waals surface area (Å²) in [5, 5.41) is 3.41. The Morgan fingerprint density at radius 3 is 2.82 bits per heavy atom. The van der Waals surface area contributed by atoms with Gasteiger partial charge in [-0.25, -0.2) is 0 Å². The molecule has 0 aliphatic carbocycles. The molecule has 0 saturated heterocycles. The van der Waals surface area contributed by atoms with Gasteiger partial charge < -0.3 is 20.5 Å². The summed E-state index contributed by atoms with van der Waals surface area (Å²) < 4.78 is 10.6. The third-order valence-electron chi connectivity index (χ3n) is 2.96. The van der Waals surface area contributed by atoms with Gasteiger partial charge in [0.1, 0.15) is 0 Å². The van der Waals surface area contributed by atoms with Crippen molar-refractivity contribution in [2.75, 3.05) is 25.2 Å². The molecule has 1 aliphatic heterocycles. The van der Waals surface area contributed by atoms with Crippen LogP contribution in [0, 0.1) is 5.41 Å². The number of hydrogen-bond acceptors (Lipinski definition) is 4. The van der Waals surface area contributed by atoms with E-state index in [1.165, 1.54) is 0 Å². The van der Waals surface area contributed by atoms with Crippen LogP contribution in [0.15, 0.2) is 18.2 Å². The zero-order chi connectivity index (χ0) is 12.3. The number of nitrogens with one attached hydrogen (secondary N) is 1. The average Bonchev–Trinajstić information content (AvgIpc) is 2.73. The van der Waals surface area contributed by atoms with E-state index in [0.717, 1.165) is 36.7 Å². The van der Waals surface area contributed by atoms with Crippen molar-refractivity contribution in [2.24, 2.45) is 11.1 Å². The molecule has 1 aromatic carbocycles. The lowest BCUT2D eigenvalue weighted by Crippen LogP contribution is -2.26. The summed E-state index contributed by atoms with van der Waals surface area (Å²) in [5.74, 6) is 1.63. The lowest BCUT2D eigenvalue weighted by Gasteiger charge is -2.24. The topological polar surface area (TPSA) is 56.5 Å². The molecule has 4 heteroatoms. The van der Waals surface area contributed by atoms with E-state index in [4.69, 9.17) is 15.2 Å². The van der Waals surface area contributed by atoms with Crippen LogP contribution < -0.4 is 20.5 Å². The molecule has 1 heterocycles. The van der Waals surface area contributed by atoms with Gasteiger partial charge in [0.05, 0.1) is 0 Å². The summed E-state index contributed by atoms with van der Waals surface area (Å²) >= 11 is 0. The highest BCUT2D eigenvalue weighted by Gasteiger charge is 2.17. The van der Waals surface area contributed by atoms with Crippen LogP contribution in [0.5, 0.6) is 11.5 Å². The van der Waals surface area contributed by atoms with Gasteiger partial charge in [0.2, 0.25) is 6.79 Å². The highest BCUT2D eigenvalue weighted by Crippen LogP contribution is 2.34. The van der Waals surface area contributed by atoms with E-state index < -0.39 is 0 Å². The first-order valence-corrected chi connectivity index (χ1v) is 5.94. The normalized spacial score (nSPS) is 13.8. The van der Waals surface area contributed by atoms with E-state index in [0.29, 0.717) is 6.79 Å². The molecule has 0 aromatic heterocycles. The summed E-state index contributed by atoms with van der Waals surface area (Å²) in [6, 6.07) is 5.91. The summed E-state index contributed by atoms with van der Waals surface area (Å²) in [6.07, 6.45) is 1.00. The van der Waals surface area contributed by atoms with Gasteiger partial charge in [0, 0.05) is 18.3 Å². The maximum absolute atomic E-state index is 5.59. The third kappa shape index (κ3) is 3.03. The molecule has 0 unspecified atom stereocenters. The fraction of sp³-hybridized carbons (Fsp3) is 0.538. The zero-order valence-electron chi connectivity index (χ0n) is 10.5. The Hall–Kier alpha value is -1.42. The molecule has 0 saturated carbocycles. The Labute approximate surface area is 102 Å². The van der Waals surface area contributed by atoms with Crippen LogP contribution in [-0.4, -0.2) is 19.9 Å². The van der Waals surface area contributed by atoms with Crippen LogP contribution in [0.3, 0.4) is 0 Å². The Kier molecular flexibility index (Phi) is 3.43. The maximum atomic E-state index is 5.59. The standard InChI is InChI=1S/C13H20N2O2/c1-13(2,5-6-14)8-15-10-3-4-11-12(7-10)17-9-16-11/h3-4,7,15H,5-6,8-9,14H2,1-2H3. The van der Waals surface area contributed by atoms with Crippen molar-refractivity contribution >= 4 is 5.69 Å². The quantitative estimate of drug-likeness (QED) is 0.823. The van der Waals surface area contributed by atoms with Crippen molar-refractivity contribution < 1.29 is 9.47 Å². The van der Waals surface area contributed by atoms with Gasteiger partial charge in [-0.15, -0.1) is 0 Å². The van der Waals surface area contributed by atoms with E-state index >= 15 is 0 Å². The molecule has 0 atom stereocenters. The van der Waals surface area contributed by atoms with Crippen LogP contribution in [0.4, 0.5) is 5.69 Å². The van der Waals surface area contributed by atoms with Crippen LogP contribution in [0.25, 0.3) is 0 Å². The molecule has 4 nitrogen and oxygen atoms in total. The molecule has 1 aromatic rings. The second kappa shape index (κ2) is 4.84. The van der Waals surface area contributed by atoms with Gasteiger partial charge in [-0.05, 0) is 30.5 Å². The largest absolute Gasteiger partial charge is 0.454 e. The Morgan fingerprint density at radius 2 is 2.06 bits per heavy atom. The molecule has 17 heavy (non-hydrogen) atoms. The number of anilines is 1. The Bertz CT molecular complexity index is 391. The van der Waals surface area contributed by atoms with Gasteiger partial charge in [0.15, 0.2) is 11.5 Å². The molecular weight excluding hydrogens is 216 g/mol. The van der Waals surface area contributed by atoms with Crippen molar-refractivity contribution in [1.29, 1.82) is 0 Å². The Morgan fingerprint density at radius 1 is 1.29 bits per heavy atom. The molecule has 2 rings (SSSR count). The Balaban J connectivity index is 1.95. The third-order valence-corrected chi connectivity index (χ3v) is 2.96. The first-order valence-electron chi connectivity index (χ1n) is 5.94. The van der Waals surface area contributed by atoms with E-state index in [2.05, 4.69) is 19.2 Å². The van der Waals surface area contributed by atoms with Crippen molar-refractivity contribution in [2.45, 2.75) is 20.3 Å². The number of rotatable bonds is 5. The molecule has 1 aliphatic rings. The van der Waals surface area contributed by atoms with Crippen LogP contribution in [-0.2, 0) is 0 Å². The lowest BCUT2D eigenvalue weighted by molar-refractivity contribution is 0.174. The van der Waals surface area contributed by atoms with Crippen molar-refractivity contribution in [3.05, 3.63) is 18.2 Å². The summed E-state index contributed by atoms with van der Waals surface area (Å²) in [4.78, 5) is 0. The second-order valence-corrected chi connectivity index (χ2v) is 5.12. The summed E-state index contributed by atoms with van der Waals surface area (Å²) in [7, 11) is 0. The van der Waals surface area contributed by atoms with Crippen LogP contribution in [0.1, 0.15) is 20.3 Å².